The predicted molar refractivity (Wildman–Crippen MR) is 81.7 cm³/mol. The van der Waals surface area contributed by atoms with Crippen LogP contribution in [0.25, 0.3) is 0 Å². The van der Waals surface area contributed by atoms with Gasteiger partial charge >= 0.3 is 0 Å². The Bertz CT molecular complexity index is 692. The molecule has 1 aromatic carbocycles. The van der Waals surface area contributed by atoms with Crippen molar-refractivity contribution in [2.45, 2.75) is 30.3 Å². The minimum Gasteiger partial charge on any atom is -0.301 e. The minimum atomic E-state index is -3.14. The second-order valence-corrected chi connectivity index (χ2v) is 8.00. The number of benzene rings is 1. The van der Waals surface area contributed by atoms with E-state index in [0.29, 0.717) is 4.90 Å². The molecule has 1 aromatic heterocycles. The van der Waals surface area contributed by atoms with Gasteiger partial charge in [-0.2, -0.15) is 0 Å². The molecule has 0 aliphatic carbocycles. The van der Waals surface area contributed by atoms with Crippen molar-refractivity contribution in [3.8, 4) is 0 Å². The van der Waals surface area contributed by atoms with Crippen LogP contribution in [0.4, 0.5) is 0 Å². The van der Waals surface area contributed by atoms with Gasteiger partial charge in [0.2, 0.25) is 0 Å². The number of fused-ring (bicyclic) bond motifs is 1. The lowest BCUT2D eigenvalue weighted by Crippen LogP contribution is -2.26. The highest BCUT2D eigenvalue weighted by molar-refractivity contribution is 7.91. The number of thiophene rings is 1. The summed E-state index contributed by atoms with van der Waals surface area (Å²) in [5.41, 5.74) is 0.905. The first-order valence-corrected chi connectivity index (χ1v) is 9.26. The molecule has 0 bridgehead atoms. The summed E-state index contributed by atoms with van der Waals surface area (Å²) in [6, 6.07) is 11.5. The maximum Gasteiger partial charge on any atom is 0.180 e. The maximum atomic E-state index is 12.2. The Kier molecular flexibility index (Phi) is 3.67. The summed E-state index contributed by atoms with van der Waals surface area (Å²) in [5, 5.41) is 5.57. The topological polar surface area (TPSA) is 46.2 Å². The van der Waals surface area contributed by atoms with Crippen LogP contribution >= 0.6 is 11.3 Å². The number of hydrogen-bond donors (Lipinski definition) is 1. The van der Waals surface area contributed by atoms with Crippen molar-refractivity contribution in [1.29, 1.82) is 0 Å². The Morgan fingerprint density at radius 3 is 2.80 bits per heavy atom. The van der Waals surface area contributed by atoms with Crippen LogP contribution in [0.5, 0.6) is 0 Å². The molecule has 0 fully saturated rings. The van der Waals surface area contributed by atoms with Crippen molar-refractivity contribution in [1.82, 2.24) is 5.32 Å². The molecule has 3 rings (SSSR count). The Hall–Kier alpha value is -1.17. The molecular weight excluding hydrogens is 290 g/mol. The van der Waals surface area contributed by atoms with Gasteiger partial charge in [-0.05, 0) is 29.5 Å². The van der Waals surface area contributed by atoms with E-state index in [1.165, 1.54) is 4.88 Å². The van der Waals surface area contributed by atoms with Gasteiger partial charge in [0, 0.05) is 17.0 Å². The summed E-state index contributed by atoms with van der Waals surface area (Å²) < 4.78 is 24.4. The van der Waals surface area contributed by atoms with Crippen molar-refractivity contribution in [2.75, 3.05) is 5.75 Å². The van der Waals surface area contributed by atoms with Crippen LogP contribution in [0.15, 0.2) is 46.7 Å². The lowest BCUT2D eigenvalue weighted by Gasteiger charge is -2.20. The Labute approximate surface area is 123 Å². The summed E-state index contributed by atoms with van der Waals surface area (Å²) >= 11 is 1.71. The lowest BCUT2D eigenvalue weighted by atomic mass is 10.1. The van der Waals surface area contributed by atoms with E-state index >= 15 is 0 Å². The van der Waals surface area contributed by atoms with Crippen molar-refractivity contribution in [3.63, 3.8) is 0 Å². The zero-order valence-corrected chi connectivity index (χ0v) is 12.9. The van der Waals surface area contributed by atoms with Crippen molar-refractivity contribution < 1.29 is 8.42 Å². The summed E-state index contributed by atoms with van der Waals surface area (Å²) in [4.78, 5) is 1.74. The first-order valence-electron chi connectivity index (χ1n) is 6.73. The molecule has 2 unspecified atom stereocenters. The van der Waals surface area contributed by atoms with E-state index in [4.69, 9.17) is 0 Å². The average molecular weight is 307 g/mol. The van der Waals surface area contributed by atoms with Crippen molar-refractivity contribution in [2.24, 2.45) is 0 Å². The zero-order valence-electron chi connectivity index (χ0n) is 11.2. The normalized spacial score (nSPS) is 21.6. The van der Waals surface area contributed by atoms with Gasteiger partial charge in [-0.25, -0.2) is 8.42 Å². The molecule has 0 saturated heterocycles. The SMILES string of the molecule is CCC(NC1CS(=O)(=O)c2ccccc21)c1cccs1. The van der Waals surface area contributed by atoms with Gasteiger partial charge in [-0.1, -0.05) is 31.2 Å². The maximum absolute atomic E-state index is 12.2. The molecule has 2 aromatic rings. The summed E-state index contributed by atoms with van der Waals surface area (Å²) in [6.07, 6.45) is 0.944. The van der Waals surface area contributed by atoms with Gasteiger partial charge in [-0.3, -0.25) is 0 Å². The van der Waals surface area contributed by atoms with E-state index in [0.717, 1.165) is 12.0 Å². The third-order valence-corrected chi connectivity index (χ3v) is 6.51. The molecule has 0 amide bonds. The van der Waals surface area contributed by atoms with E-state index in [1.807, 2.05) is 18.2 Å². The summed E-state index contributed by atoms with van der Waals surface area (Å²) in [6.45, 7) is 2.12. The van der Waals surface area contributed by atoms with Crippen LogP contribution in [-0.4, -0.2) is 14.2 Å². The molecule has 0 radical (unpaired) electrons. The van der Waals surface area contributed by atoms with E-state index in [2.05, 4.69) is 23.7 Å². The Morgan fingerprint density at radius 2 is 2.10 bits per heavy atom. The van der Waals surface area contributed by atoms with Crippen LogP contribution in [-0.2, 0) is 9.84 Å². The fraction of sp³-hybridized carbons (Fsp3) is 0.333. The van der Waals surface area contributed by atoms with E-state index in [-0.39, 0.29) is 17.8 Å². The Balaban J connectivity index is 1.90. The van der Waals surface area contributed by atoms with Crippen LogP contribution in [0.2, 0.25) is 0 Å². The van der Waals surface area contributed by atoms with Crippen LogP contribution in [0, 0.1) is 0 Å². The highest BCUT2D eigenvalue weighted by Crippen LogP contribution is 2.35. The van der Waals surface area contributed by atoms with Gasteiger partial charge in [0.1, 0.15) is 0 Å². The first kappa shape index (κ1) is 13.8. The third kappa shape index (κ3) is 2.41. The molecule has 2 atom stereocenters. The molecule has 3 nitrogen and oxygen atoms in total. The lowest BCUT2D eigenvalue weighted by molar-refractivity contribution is 0.464. The molecule has 1 aliphatic heterocycles. The first-order chi connectivity index (χ1) is 9.62. The van der Waals surface area contributed by atoms with E-state index in [9.17, 15) is 8.42 Å². The molecule has 2 heterocycles. The summed E-state index contributed by atoms with van der Waals surface area (Å²) in [7, 11) is -3.14. The largest absolute Gasteiger partial charge is 0.301 e. The second-order valence-electron chi connectivity index (χ2n) is 5.01. The van der Waals surface area contributed by atoms with Crippen molar-refractivity contribution >= 4 is 21.2 Å². The molecule has 106 valence electrons. The molecule has 5 heteroatoms. The number of nitrogens with one attached hydrogen (secondary N) is 1. The predicted octanol–water partition coefficient (Wildman–Crippen LogP) is 3.32. The highest BCUT2D eigenvalue weighted by Gasteiger charge is 2.35. The molecule has 0 spiro atoms. The third-order valence-electron chi connectivity index (χ3n) is 3.71. The molecule has 0 saturated carbocycles. The molecular formula is C15H17NO2S2. The standard InChI is InChI=1S/C15H17NO2S2/c1-2-12(14-7-5-9-19-14)16-13-10-20(17,18)15-8-4-3-6-11(13)15/h3-9,12-13,16H,2,10H2,1H3. The monoisotopic (exact) mass is 307 g/mol. The van der Waals surface area contributed by atoms with Gasteiger partial charge in [-0.15, -0.1) is 11.3 Å². The van der Waals surface area contributed by atoms with Crippen LogP contribution in [0.1, 0.15) is 35.9 Å². The van der Waals surface area contributed by atoms with Gasteiger partial charge in [0.05, 0.1) is 10.6 Å². The second kappa shape index (κ2) is 5.31. The fourth-order valence-corrected chi connectivity index (χ4v) is 5.34. The van der Waals surface area contributed by atoms with Crippen LogP contribution < -0.4 is 5.32 Å². The van der Waals surface area contributed by atoms with Crippen LogP contribution in [0.3, 0.4) is 0 Å². The molecule has 1 N–H and O–H groups in total. The number of hydrogen-bond acceptors (Lipinski definition) is 4. The van der Waals surface area contributed by atoms with Gasteiger partial charge in [0.15, 0.2) is 9.84 Å². The van der Waals surface area contributed by atoms with E-state index in [1.54, 1.807) is 23.5 Å². The minimum absolute atomic E-state index is 0.108. The van der Waals surface area contributed by atoms with E-state index < -0.39 is 9.84 Å². The quantitative estimate of drug-likeness (QED) is 0.942. The summed E-state index contributed by atoms with van der Waals surface area (Å²) in [5.74, 6) is 0.161. The number of rotatable bonds is 4. The number of sulfone groups is 1. The fourth-order valence-electron chi connectivity index (χ4n) is 2.72. The zero-order chi connectivity index (χ0) is 14.2. The Morgan fingerprint density at radius 1 is 1.30 bits per heavy atom. The smallest absolute Gasteiger partial charge is 0.180 e. The average Bonchev–Trinajstić information content (AvgIpc) is 3.04. The van der Waals surface area contributed by atoms with Gasteiger partial charge in [0.25, 0.3) is 0 Å². The molecule has 20 heavy (non-hydrogen) atoms. The van der Waals surface area contributed by atoms with Crippen molar-refractivity contribution in [3.05, 3.63) is 52.2 Å². The van der Waals surface area contributed by atoms with Gasteiger partial charge < -0.3 is 5.32 Å². The highest BCUT2D eigenvalue weighted by atomic mass is 32.2. The molecule has 1 aliphatic rings.